The number of nitrogens with zero attached hydrogens (tertiary/aromatic N) is 2. The summed E-state index contributed by atoms with van der Waals surface area (Å²) < 4.78 is 0. The van der Waals surface area contributed by atoms with Gasteiger partial charge in [0.2, 0.25) is 0 Å². The highest BCUT2D eigenvalue weighted by molar-refractivity contribution is 5.93. The van der Waals surface area contributed by atoms with Gasteiger partial charge in [-0.15, -0.1) is 0 Å². The van der Waals surface area contributed by atoms with Crippen molar-refractivity contribution < 1.29 is 4.79 Å². The average molecular weight is 222 g/mol. The minimum atomic E-state index is 0.0769. The number of hydrazine groups is 1. The minimum Gasteiger partial charge on any atom is -0.335 e. The molecule has 2 aliphatic heterocycles. The fourth-order valence-corrected chi connectivity index (χ4v) is 1.83. The van der Waals surface area contributed by atoms with Crippen LogP contribution >= 0.6 is 0 Å². The Hall–Kier alpha value is -1.49. The number of amides is 1. The third kappa shape index (κ3) is 2.36. The van der Waals surface area contributed by atoms with Crippen LogP contribution in [0.5, 0.6) is 0 Å². The van der Waals surface area contributed by atoms with Crippen LogP contribution in [0.1, 0.15) is 6.92 Å². The van der Waals surface area contributed by atoms with Gasteiger partial charge in [0.25, 0.3) is 5.91 Å². The maximum absolute atomic E-state index is 12.1. The summed E-state index contributed by atoms with van der Waals surface area (Å²) in [5.41, 5.74) is 7.44. The molecule has 88 valence electrons. The molecule has 5 nitrogen and oxygen atoms in total. The van der Waals surface area contributed by atoms with Gasteiger partial charge in [-0.2, -0.15) is 0 Å². The van der Waals surface area contributed by atoms with E-state index in [9.17, 15) is 4.79 Å². The van der Waals surface area contributed by atoms with Crippen molar-refractivity contribution in [1.82, 2.24) is 20.7 Å². The Bertz CT molecular complexity index is 340. The van der Waals surface area contributed by atoms with E-state index in [4.69, 9.17) is 0 Å². The second-order valence-corrected chi connectivity index (χ2v) is 4.31. The molecule has 0 unspecified atom stereocenters. The molecule has 0 bridgehead atoms. The lowest BCUT2D eigenvalue weighted by molar-refractivity contribution is -0.129. The molecule has 1 fully saturated rings. The van der Waals surface area contributed by atoms with Gasteiger partial charge in [-0.1, -0.05) is 0 Å². The molecule has 0 radical (unpaired) electrons. The second kappa shape index (κ2) is 4.57. The first-order chi connectivity index (χ1) is 7.66. The zero-order valence-corrected chi connectivity index (χ0v) is 9.79. The van der Waals surface area contributed by atoms with Crippen molar-refractivity contribution in [1.29, 1.82) is 0 Å². The van der Waals surface area contributed by atoms with Crippen molar-refractivity contribution >= 4 is 5.91 Å². The van der Waals surface area contributed by atoms with E-state index in [0.717, 1.165) is 31.8 Å². The number of nitrogens with one attached hydrogen (secondary N) is 2. The SMILES string of the molecule is CC1=CNNC(C(=O)N2CCN(C)CC2)=C1. The molecule has 2 aliphatic rings. The van der Waals surface area contributed by atoms with Gasteiger partial charge in [-0.3, -0.25) is 10.2 Å². The number of carbonyl (C=O) groups excluding carboxylic acids is 1. The summed E-state index contributed by atoms with van der Waals surface area (Å²) in [5, 5.41) is 0. The number of allylic oxidation sites excluding steroid dienone is 2. The predicted molar refractivity (Wildman–Crippen MR) is 62.2 cm³/mol. The third-order valence-corrected chi connectivity index (χ3v) is 2.90. The topological polar surface area (TPSA) is 47.6 Å². The molecule has 0 aromatic carbocycles. The van der Waals surface area contributed by atoms with Crippen LogP contribution in [0.25, 0.3) is 0 Å². The molecular weight excluding hydrogens is 204 g/mol. The Morgan fingerprint density at radius 2 is 2.00 bits per heavy atom. The first-order valence-electron chi connectivity index (χ1n) is 5.54. The number of rotatable bonds is 1. The van der Waals surface area contributed by atoms with Crippen LogP contribution in [0.4, 0.5) is 0 Å². The minimum absolute atomic E-state index is 0.0769. The standard InChI is InChI=1S/C11H18N4O/c1-9-7-10(13-12-8-9)11(16)15-5-3-14(2)4-6-15/h7-8,12-13H,3-6H2,1-2H3. The van der Waals surface area contributed by atoms with Gasteiger partial charge in [-0.25, -0.2) is 0 Å². The van der Waals surface area contributed by atoms with Crippen molar-refractivity contribution in [2.24, 2.45) is 0 Å². The lowest BCUT2D eigenvalue weighted by Crippen LogP contribution is -2.50. The number of hydrogen-bond acceptors (Lipinski definition) is 4. The monoisotopic (exact) mass is 222 g/mol. The van der Waals surface area contributed by atoms with Gasteiger partial charge < -0.3 is 15.2 Å². The van der Waals surface area contributed by atoms with E-state index in [0.29, 0.717) is 5.70 Å². The van der Waals surface area contributed by atoms with Crippen molar-refractivity contribution in [3.05, 3.63) is 23.5 Å². The summed E-state index contributed by atoms with van der Waals surface area (Å²) in [6.07, 6.45) is 3.71. The van der Waals surface area contributed by atoms with E-state index < -0.39 is 0 Å². The second-order valence-electron chi connectivity index (χ2n) is 4.31. The lowest BCUT2D eigenvalue weighted by atomic mass is 10.2. The average Bonchev–Trinajstić information content (AvgIpc) is 2.29. The highest BCUT2D eigenvalue weighted by Crippen LogP contribution is 2.08. The van der Waals surface area contributed by atoms with Crippen LogP contribution in [-0.4, -0.2) is 48.9 Å². The van der Waals surface area contributed by atoms with Gasteiger partial charge in [0, 0.05) is 32.4 Å². The number of likely N-dealkylation sites (N-methyl/N-ethyl adjacent to an activating group) is 1. The molecule has 5 heteroatoms. The van der Waals surface area contributed by atoms with Gasteiger partial charge in [-0.05, 0) is 25.6 Å². The van der Waals surface area contributed by atoms with Crippen LogP contribution in [-0.2, 0) is 4.79 Å². The first kappa shape index (κ1) is 11.0. The Morgan fingerprint density at radius 3 is 2.62 bits per heavy atom. The molecule has 16 heavy (non-hydrogen) atoms. The van der Waals surface area contributed by atoms with E-state index in [1.54, 1.807) is 0 Å². The summed E-state index contributed by atoms with van der Waals surface area (Å²) in [6, 6.07) is 0. The van der Waals surface area contributed by atoms with E-state index in [2.05, 4.69) is 22.8 Å². The van der Waals surface area contributed by atoms with Crippen LogP contribution in [0.3, 0.4) is 0 Å². The molecule has 1 saturated heterocycles. The van der Waals surface area contributed by atoms with Gasteiger partial charge in [0.15, 0.2) is 0 Å². The molecule has 0 spiro atoms. The molecule has 2 N–H and O–H groups in total. The Morgan fingerprint density at radius 1 is 1.31 bits per heavy atom. The smallest absolute Gasteiger partial charge is 0.271 e. The molecule has 0 aromatic rings. The van der Waals surface area contributed by atoms with Gasteiger partial charge in [0.1, 0.15) is 5.70 Å². The Labute approximate surface area is 95.7 Å². The van der Waals surface area contributed by atoms with Gasteiger partial charge in [0.05, 0.1) is 0 Å². The van der Waals surface area contributed by atoms with Crippen LogP contribution in [0.2, 0.25) is 0 Å². The maximum atomic E-state index is 12.1. The maximum Gasteiger partial charge on any atom is 0.271 e. The largest absolute Gasteiger partial charge is 0.335 e. The van der Waals surface area contributed by atoms with E-state index in [-0.39, 0.29) is 5.91 Å². The highest BCUT2D eigenvalue weighted by atomic mass is 16.2. The van der Waals surface area contributed by atoms with Crippen molar-refractivity contribution in [3.63, 3.8) is 0 Å². The van der Waals surface area contributed by atoms with Crippen molar-refractivity contribution in [2.45, 2.75) is 6.92 Å². The van der Waals surface area contributed by atoms with Crippen LogP contribution in [0.15, 0.2) is 23.5 Å². The fraction of sp³-hybridized carbons (Fsp3) is 0.545. The zero-order valence-electron chi connectivity index (χ0n) is 9.79. The normalized spacial score (nSPS) is 21.8. The quantitative estimate of drug-likeness (QED) is 0.637. The molecule has 0 saturated carbocycles. The third-order valence-electron chi connectivity index (χ3n) is 2.90. The molecule has 1 amide bonds. The zero-order chi connectivity index (χ0) is 11.5. The van der Waals surface area contributed by atoms with Crippen LogP contribution in [0, 0.1) is 0 Å². The molecule has 0 aromatic heterocycles. The van der Waals surface area contributed by atoms with Gasteiger partial charge >= 0.3 is 0 Å². The van der Waals surface area contributed by atoms with E-state index in [1.807, 2.05) is 24.1 Å². The van der Waals surface area contributed by atoms with Crippen LogP contribution < -0.4 is 10.9 Å². The van der Waals surface area contributed by atoms with E-state index in [1.165, 1.54) is 0 Å². The summed E-state index contributed by atoms with van der Waals surface area (Å²) in [4.78, 5) is 16.2. The molecule has 0 atom stereocenters. The van der Waals surface area contributed by atoms with Crippen molar-refractivity contribution in [3.8, 4) is 0 Å². The number of piperazine rings is 1. The van der Waals surface area contributed by atoms with E-state index >= 15 is 0 Å². The summed E-state index contributed by atoms with van der Waals surface area (Å²) >= 11 is 0. The fourth-order valence-electron chi connectivity index (χ4n) is 1.83. The number of carbonyl (C=O) groups is 1. The number of hydrogen-bond donors (Lipinski definition) is 2. The molecule has 0 aliphatic carbocycles. The summed E-state index contributed by atoms with van der Waals surface area (Å²) in [6.45, 7) is 5.46. The summed E-state index contributed by atoms with van der Waals surface area (Å²) in [7, 11) is 2.08. The molecule has 2 heterocycles. The van der Waals surface area contributed by atoms with Crippen molar-refractivity contribution in [2.75, 3.05) is 33.2 Å². The Balaban J connectivity index is 2.00. The lowest BCUT2D eigenvalue weighted by Gasteiger charge is -2.33. The molecular formula is C11H18N4O. The predicted octanol–water partition coefficient (Wildman–Crippen LogP) is -0.344. The highest BCUT2D eigenvalue weighted by Gasteiger charge is 2.22. The first-order valence-corrected chi connectivity index (χ1v) is 5.54. The summed E-state index contributed by atoms with van der Waals surface area (Å²) in [5.74, 6) is 0.0769. The Kier molecular flexibility index (Phi) is 3.14. The molecule has 2 rings (SSSR count).